The molecule has 2 unspecified atom stereocenters. The van der Waals surface area contributed by atoms with Crippen LogP contribution in [0.2, 0.25) is 0 Å². The smallest absolute Gasteiger partial charge is 0.305 e. The molecule has 3 N–H and O–H groups in total. The van der Waals surface area contributed by atoms with Crippen LogP contribution in [-0.2, 0) is 14.3 Å². The molecule has 0 aromatic carbocycles. The number of aliphatic hydroxyl groups excluding tert-OH is 2. The molecule has 0 bridgehead atoms. The number of allylic oxidation sites excluding steroid dienone is 3. The van der Waals surface area contributed by atoms with E-state index in [-0.39, 0.29) is 18.5 Å². The van der Waals surface area contributed by atoms with E-state index in [4.69, 9.17) is 4.74 Å². The first-order valence-corrected chi connectivity index (χ1v) is 36.1. The molecule has 0 aliphatic rings. The summed E-state index contributed by atoms with van der Waals surface area (Å²) in [7, 11) is 0. The van der Waals surface area contributed by atoms with E-state index in [0.717, 1.165) is 38.5 Å². The molecule has 0 aromatic rings. The van der Waals surface area contributed by atoms with Gasteiger partial charge in [0.15, 0.2) is 0 Å². The summed E-state index contributed by atoms with van der Waals surface area (Å²) in [6.07, 6.45) is 86.9. The predicted octanol–water partition coefficient (Wildman–Crippen LogP) is 23.3. The topological polar surface area (TPSA) is 95.9 Å². The zero-order chi connectivity index (χ0) is 57.1. The lowest BCUT2D eigenvalue weighted by Gasteiger charge is -2.20. The second-order valence-corrected chi connectivity index (χ2v) is 24.9. The number of unbranched alkanes of at least 4 members (excludes halogenated alkanes) is 55. The van der Waals surface area contributed by atoms with Gasteiger partial charge in [-0.2, -0.15) is 0 Å². The van der Waals surface area contributed by atoms with Gasteiger partial charge in [0.25, 0.3) is 0 Å². The average Bonchev–Trinajstić information content (AvgIpc) is 3.45. The highest BCUT2D eigenvalue weighted by Crippen LogP contribution is 2.19. The van der Waals surface area contributed by atoms with Crippen molar-refractivity contribution in [1.29, 1.82) is 0 Å². The van der Waals surface area contributed by atoms with Gasteiger partial charge in [-0.1, -0.05) is 359 Å². The van der Waals surface area contributed by atoms with E-state index < -0.39 is 12.1 Å². The number of carbonyl (C=O) groups excluding carboxylic acids is 2. The molecule has 6 heteroatoms. The summed E-state index contributed by atoms with van der Waals surface area (Å²) in [5, 5.41) is 23.2. The minimum Gasteiger partial charge on any atom is -0.466 e. The standard InChI is InChI=1S/C73H141NO5/c1-3-5-7-9-11-13-15-17-19-20-32-35-38-41-45-49-53-57-61-65-71(76)70(69-75)74-72(77)66-62-58-54-50-46-42-39-36-33-30-28-26-24-22-21-23-25-27-29-31-34-37-40-44-48-52-56-60-64-68-79-73(78)67-63-59-55-51-47-43-18-16-14-12-10-8-6-4-2/h21,23,61,65,70-71,75-76H,3-20,22,24-60,62-64,66-69H2,1-2H3,(H,74,77)/b23-21-,65-61+. The summed E-state index contributed by atoms with van der Waals surface area (Å²) >= 11 is 0. The Bertz CT molecular complexity index is 1230. The van der Waals surface area contributed by atoms with Crippen molar-refractivity contribution in [3.63, 3.8) is 0 Å². The fraction of sp³-hybridized carbons (Fsp3) is 0.918. The zero-order valence-electron chi connectivity index (χ0n) is 53.6. The summed E-state index contributed by atoms with van der Waals surface area (Å²) in [5.41, 5.74) is 0. The normalized spacial score (nSPS) is 12.6. The van der Waals surface area contributed by atoms with Gasteiger partial charge in [0.05, 0.1) is 25.4 Å². The minimum atomic E-state index is -0.844. The number of ether oxygens (including phenoxy) is 1. The quantitative estimate of drug-likeness (QED) is 0.0320. The second-order valence-electron chi connectivity index (χ2n) is 24.9. The van der Waals surface area contributed by atoms with Crippen molar-refractivity contribution in [3.05, 3.63) is 24.3 Å². The van der Waals surface area contributed by atoms with Crippen LogP contribution in [0.3, 0.4) is 0 Å². The van der Waals surface area contributed by atoms with E-state index in [1.165, 1.54) is 340 Å². The molecule has 468 valence electrons. The van der Waals surface area contributed by atoms with Gasteiger partial charge in [0.2, 0.25) is 5.91 Å². The lowest BCUT2D eigenvalue weighted by molar-refractivity contribution is -0.143. The highest BCUT2D eigenvalue weighted by Gasteiger charge is 2.18. The van der Waals surface area contributed by atoms with E-state index in [0.29, 0.717) is 19.4 Å². The van der Waals surface area contributed by atoms with Crippen LogP contribution in [0.1, 0.15) is 406 Å². The molecular weight excluding hydrogens is 971 g/mol. The third-order valence-electron chi connectivity index (χ3n) is 17.0. The zero-order valence-corrected chi connectivity index (χ0v) is 53.6. The largest absolute Gasteiger partial charge is 0.466 e. The van der Waals surface area contributed by atoms with Crippen LogP contribution in [-0.4, -0.2) is 47.4 Å². The van der Waals surface area contributed by atoms with Gasteiger partial charge < -0.3 is 20.3 Å². The maximum atomic E-state index is 12.5. The van der Waals surface area contributed by atoms with Crippen LogP contribution in [0.25, 0.3) is 0 Å². The van der Waals surface area contributed by atoms with Crippen molar-refractivity contribution in [1.82, 2.24) is 5.32 Å². The van der Waals surface area contributed by atoms with E-state index in [1.807, 2.05) is 6.08 Å². The van der Waals surface area contributed by atoms with Crippen LogP contribution in [0.4, 0.5) is 0 Å². The number of nitrogens with one attached hydrogen (secondary N) is 1. The van der Waals surface area contributed by atoms with Gasteiger partial charge >= 0.3 is 5.97 Å². The molecule has 0 radical (unpaired) electrons. The summed E-state index contributed by atoms with van der Waals surface area (Å²) in [5.74, 6) is -0.0442. The number of esters is 1. The number of carbonyl (C=O) groups is 2. The van der Waals surface area contributed by atoms with Crippen LogP contribution < -0.4 is 5.32 Å². The minimum absolute atomic E-state index is 0.0192. The fourth-order valence-electron chi connectivity index (χ4n) is 11.5. The summed E-state index contributed by atoms with van der Waals surface area (Å²) in [6.45, 7) is 4.95. The molecule has 79 heavy (non-hydrogen) atoms. The van der Waals surface area contributed by atoms with E-state index in [2.05, 4.69) is 31.3 Å². The Morgan fingerprint density at radius 2 is 0.595 bits per heavy atom. The predicted molar refractivity (Wildman–Crippen MR) is 347 cm³/mol. The number of amides is 1. The van der Waals surface area contributed by atoms with E-state index in [1.54, 1.807) is 6.08 Å². The molecule has 0 saturated carbocycles. The third kappa shape index (κ3) is 65.4. The molecule has 6 nitrogen and oxygen atoms in total. The highest BCUT2D eigenvalue weighted by atomic mass is 16.5. The van der Waals surface area contributed by atoms with Crippen LogP contribution in [0.5, 0.6) is 0 Å². The lowest BCUT2D eigenvalue weighted by Crippen LogP contribution is -2.45. The molecule has 1 amide bonds. The Hall–Kier alpha value is -1.66. The van der Waals surface area contributed by atoms with Crippen molar-refractivity contribution >= 4 is 11.9 Å². The molecular formula is C73H141NO5. The lowest BCUT2D eigenvalue weighted by atomic mass is 10.0. The molecule has 0 spiro atoms. The third-order valence-corrected chi connectivity index (χ3v) is 17.0. The van der Waals surface area contributed by atoms with Gasteiger partial charge in [-0.15, -0.1) is 0 Å². The van der Waals surface area contributed by atoms with E-state index >= 15 is 0 Å². The van der Waals surface area contributed by atoms with Crippen LogP contribution in [0, 0.1) is 0 Å². The number of hydrogen-bond donors (Lipinski definition) is 3. The summed E-state index contributed by atoms with van der Waals surface area (Å²) in [6, 6.07) is -0.628. The van der Waals surface area contributed by atoms with Crippen molar-refractivity contribution in [3.8, 4) is 0 Å². The molecule has 2 atom stereocenters. The summed E-state index contributed by atoms with van der Waals surface area (Å²) in [4.78, 5) is 24.6. The first-order valence-electron chi connectivity index (χ1n) is 36.1. The van der Waals surface area contributed by atoms with Crippen LogP contribution in [0.15, 0.2) is 24.3 Å². The average molecular weight is 1110 g/mol. The Labute approximate surface area is 494 Å². The Morgan fingerprint density at radius 3 is 0.899 bits per heavy atom. The van der Waals surface area contributed by atoms with Crippen molar-refractivity contribution in [2.45, 2.75) is 418 Å². The van der Waals surface area contributed by atoms with Crippen LogP contribution >= 0.6 is 0 Å². The first kappa shape index (κ1) is 77.3. The Balaban J connectivity index is 3.39. The molecule has 0 fully saturated rings. The molecule has 0 heterocycles. The first-order chi connectivity index (χ1) is 39.0. The number of rotatable bonds is 68. The maximum absolute atomic E-state index is 12.5. The molecule has 0 saturated heterocycles. The Kier molecular flexibility index (Phi) is 67.4. The van der Waals surface area contributed by atoms with E-state index in [9.17, 15) is 19.8 Å². The summed E-state index contributed by atoms with van der Waals surface area (Å²) < 4.78 is 5.49. The van der Waals surface area contributed by atoms with Gasteiger partial charge in [-0.3, -0.25) is 9.59 Å². The van der Waals surface area contributed by atoms with Gasteiger partial charge in [-0.25, -0.2) is 0 Å². The molecule has 0 rings (SSSR count). The molecule has 0 aromatic heterocycles. The van der Waals surface area contributed by atoms with Gasteiger partial charge in [0, 0.05) is 12.8 Å². The van der Waals surface area contributed by atoms with Gasteiger partial charge in [0.1, 0.15) is 0 Å². The van der Waals surface area contributed by atoms with Crippen molar-refractivity contribution in [2.75, 3.05) is 13.2 Å². The highest BCUT2D eigenvalue weighted by molar-refractivity contribution is 5.76. The SMILES string of the molecule is CCCCCCCCCCCCCCCCCCC/C=C/C(O)C(CO)NC(=O)CCCCCCCCCCCCCCC/C=C\CCCCCCCCCCCCCCOC(=O)CCCCCCCCCCCCCCCC. The van der Waals surface area contributed by atoms with Crippen molar-refractivity contribution < 1.29 is 24.5 Å². The van der Waals surface area contributed by atoms with Gasteiger partial charge in [-0.05, 0) is 57.8 Å². The molecule has 0 aliphatic heterocycles. The number of aliphatic hydroxyl groups is 2. The monoisotopic (exact) mass is 1110 g/mol. The Morgan fingerprint density at radius 1 is 0.342 bits per heavy atom. The van der Waals surface area contributed by atoms with Crippen molar-refractivity contribution in [2.24, 2.45) is 0 Å². The maximum Gasteiger partial charge on any atom is 0.305 e. The molecule has 0 aliphatic carbocycles. The fourth-order valence-corrected chi connectivity index (χ4v) is 11.5. The second kappa shape index (κ2) is 68.8. The number of hydrogen-bond acceptors (Lipinski definition) is 5.